The van der Waals surface area contributed by atoms with E-state index >= 15 is 0 Å². The molecule has 0 saturated carbocycles. The van der Waals surface area contributed by atoms with Crippen LogP contribution in [0.5, 0.6) is 0 Å². The van der Waals surface area contributed by atoms with E-state index in [0.717, 1.165) is 83.5 Å². The molecule has 0 aliphatic carbocycles. The Hall–Kier alpha value is -3.15. The zero-order chi connectivity index (χ0) is 30.9. The normalized spacial score (nSPS) is 13.0. The molecule has 6 heteroatoms. The molecule has 1 atom stereocenters. The van der Waals surface area contributed by atoms with Crippen LogP contribution in [0, 0.1) is 0 Å². The Morgan fingerprint density at radius 2 is 1.14 bits per heavy atom. The average molecular weight is 584 g/mol. The first-order valence-corrected chi connectivity index (χ1v) is 16.1. The van der Waals surface area contributed by atoms with Gasteiger partial charge in [-0.3, -0.25) is 14.4 Å². The molecule has 0 spiro atoms. The second-order valence-corrected chi connectivity index (χ2v) is 10.3. The van der Waals surface area contributed by atoms with Crippen molar-refractivity contribution in [3.63, 3.8) is 0 Å². The molecule has 2 N–H and O–H groups in total. The molecule has 0 saturated heterocycles. The number of carbonyl (C=O) groups is 3. The van der Waals surface area contributed by atoms with E-state index in [1.54, 1.807) is 0 Å². The summed E-state index contributed by atoms with van der Waals surface area (Å²) < 4.78 is 5.78. The first-order valence-electron chi connectivity index (χ1n) is 16.1. The van der Waals surface area contributed by atoms with Gasteiger partial charge < -0.3 is 15.2 Å². The number of ether oxygens (including phenoxy) is 1. The number of carbonyl (C=O) groups excluding carboxylic acids is 2. The number of hydrogen-bond acceptors (Lipinski definition) is 4. The Morgan fingerprint density at radius 1 is 0.643 bits per heavy atom. The fraction of sp³-hybridized carbons (Fsp3) is 0.583. The first-order chi connectivity index (χ1) is 20.5. The van der Waals surface area contributed by atoms with Gasteiger partial charge in [0.15, 0.2) is 0 Å². The Balaban J connectivity index is 4.04. The minimum atomic E-state index is -1.04. The van der Waals surface area contributed by atoms with E-state index in [1.807, 2.05) is 6.08 Å². The highest BCUT2D eigenvalue weighted by Crippen LogP contribution is 2.16. The summed E-state index contributed by atoms with van der Waals surface area (Å²) in [6.07, 6.45) is 40.5. The number of amides is 1. The first kappa shape index (κ1) is 38.9. The van der Waals surface area contributed by atoms with Crippen molar-refractivity contribution in [3.05, 3.63) is 72.9 Å². The summed E-state index contributed by atoms with van der Waals surface area (Å²) in [5.41, 5.74) is 0. The van der Waals surface area contributed by atoms with Gasteiger partial charge in [-0.05, 0) is 77.0 Å². The van der Waals surface area contributed by atoms with Crippen LogP contribution in [0.25, 0.3) is 0 Å². The van der Waals surface area contributed by atoms with Crippen molar-refractivity contribution in [1.29, 1.82) is 0 Å². The number of unbranched alkanes of at least 4 members (excludes halogenated alkanes) is 4. The Morgan fingerprint density at radius 3 is 1.64 bits per heavy atom. The molecular weight excluding hydrogens is 526 g/mol. The van der Waals surface area contributed by atoms with Gasteiger partial charge in [-0.25, -0.2) is 0 Å². The lowest BCUT2D eigenvalue weighted by Crippen LogP contribution is -2.28. The number of rotatable bonds is 27. The summed E-state index contributed by atoms with van der Waals surface area (Å²) in [6, 6.07) is 0. The third kappa shape index (κ3) is 29.8. The van der Waals surface area contributed by atoms with Gasteiger partial charge in [0.25, 0.3) is 0 Å². The van der Waals surface area contributed by atoms with E-state index in [-0.39, 0.29) is 24.5 Å². The van der Waals surface area contributed by atoms with Gasteiger partial charge in [-0.15, -0.1) is 0 Å². The van der Waals surface area contributed by atoms with Crippen LogP contribution in [0.2, 0.25) is 0 Å². The van der Waals surface area contributed by atoms with E-state index in [9.17, 15) is 14.4 Å². The quantitative estimate of drug-likeness (QED) is 0.0571. The molecule has 42 heavy (non-hydrogen) atoms. The second kappa shape index (κ2) is 30.8. The summed E-state index contributed by atoms with van der Waals surface area (Å²) in [4.78, 5) is 34.5. The zero-order valence-electron chi connectivity index (χ0n) is 26.3. The molecule has 6 nitrogen and oxygen atoms in total. The molecule has 0 aromatic rings. The summed E-state index contributed by atoms with van der Waals surface area (Å²) in [5, 5.41) is 11.0. The number of carboxylic acids is 1. The van der Waals surface area contributed by atoms with Crippen LogP contribution in [-0.2, 0) is 19.1 Å². The minimum absolute atomic E-state index is 0.0739. The molecule has 0 radical (unpaired) electrons. The molecule has 0 aromatic heterocycles. The van der Waals surface area contributed by atoms with E-state index in [1.165, 1.54) is 0 Å². The number of allylic oxidation sites excluding steroid dienone is 12. The number of esters is 1. The SMILES string of the molecule is CC/C=C\C/C=C\C/C=C\C/C=C\C/C=C\C/C=C\CCC(=O)OC(CCCCC)CCCCCC(=O)NCC(=O)O. The summed E-state index contributed by atoms with van der Waals surface area (Å²) in [5.74, 6) is -1.43. The van der Waals surface area contributed by atoms with Crippen molar-refractivity contribution in [2.24, 2.45) is 0 Å². The monoisotopic (exact) mass is 583 g/mol. The highest BCUT2D eigenvalue weighted by molar-refractivity contribution is 5.80. The van der Waals surface area contributed by atoms with Gasteiger partial charge in [-0.1, -0.05) is 106 Å². The van der Waals surface area contributed by atoms with Crippen LogP contribution in [0.1, 0.15) is 123 Å². The third-order valence-electron chi connectivity index (χ3n) is 6.41. The zero-order valence-corrected chi connectivity index (χ0v) is 26.3. The molecule has 0 aliphatic rings. The van der Waals surface area contributed by atoms with Gasteiger partial charge in [0, 0.05) is 12.8 Å². The van der Waals surface area contributed by atoms with Gasteiger partial charge in [0.05, 0.1) is 0 Å². The lowest BCUT2D eigenvalue weighted by Gasteiger charge is -2.18. The molecule has 0 bridgehead atoms. The van der Waals surface area contributed by atoms with Gasteiger partial charge in [0.1, 0.15) is 12.6 Å². The maximum absolute atomic E-state index is 12.4. The lowest BCUT2D eigenvalue weighted by molar-refractivity contribution is -0.149. The molecule has 0 heterocycles. The predicted octanol–water partition coefficient (Wildman–Crippen LogP) is 9.11. The Kier molecular flexibility index (Phi) is 28.5. The van der Waals surface area contributed by atoms with Crippen LogP contribution < -0.4 is 5.32 Å². The van der Waals surface area contributed by atoms with E-state index in [4.69, 9.17) is 9.84 Å². The van der Waals surface area contributed by atoms with Gasteiger partial charge in [-0.2, -0.15) is 0 Å². The predicted molar refractivity (Wildman–Crippen MR) is 175 cm³/mol. The van der Waals surface area contributed by atoms with Crippen molar-refractivity contribution in [2.45, 2.75) is 129 Å². The number of aliphatic carboxylic acids is 1. The van der Waals surface area contributed by atoms with Crippen LogP contribution in [0.3, 0.4) is 0 Å². The molecular formula is C36H57NO5. The fourth-order valence-corrected chi connectivity index (χ4v) is 4.07. The van der Waals surface area contributed by atoms with Crippen molar-refractivity contribution in [3.8, 4) is 0 Å². The number of nitrogens with one attached hydrogen (secondary N) is 1. The fourth-order valence-electron chi connectivity index (χ4n) is 4.07. The maximum Gasteiger partial charge on any atom is 0.322 e. The highest BCUT2D eigenvalue weighted by atomic mass is 16.5. The minimum Gasteiger partial charge on any atom is -0.480 e. The van der Waals surface area contributed by atoms with Gasteiger partial charge >= 0.3 is 11.9 Å². The van der Waals surface area contributed by atoms with E-state index < -0.39 is 5.97 Å². The smallest absolute Gasteiger partial charge is 0.322 e. The van der Waals surface area contributed by atoms with Crippen LogP contribution >= 0.6 is 0 Å². The molecule has 236 valence electrons. The lowest BCUT2D eigenvalue weighted by atomic mass is 10.0. The van der Waals surface area contributed by atoms with Gasteiger partial charge in [0.2, 0.25) is 5.91 Å². The average Bonchev–Trinajstić information content (AvgIpc) is 2.97. The van der Waals surface area contributed by atoms with Crippen LogP contribution in [0.4, 0.5) is 0 Å². The standard InChI is InChI=1S/C36H57NO5/c1-3-5-7-8-9-10-11-12-13-14-15-16-17-18-19-20-21-22-27-31-36(41)42-33(28-24-6-4-2)29-25-23-26-30-34(38)37-32-35(39)40/h5,7,9-10,12-13,15-16,18-19,21-22,33H,3-4,6,8,11,14,17,20,23-32H2,1-2H3,(H,37,38)(H,39,40)/b7-5-,10-9-,13-12-,16-15-,19-18-,22-21-. The largest absolute Gasteiger partial charge is 0.480 e. The van der Waals surface area contributed by atoms with E-state index in [0.29, 0.717) is 25.7 Å². The van der Waals surface area contributed by atoms with Crippen LogP contribution in [-0.4, -0.2) is 35.6 Å². The molecule has 0 aromatic carbocycles. The highest BCUT2D eigenvalue weighted by Gasteiger charge is 2.14. The van der Waals surface area contributed by atoms with Crippen molar-refractivity contribution in [1.82, 2.24) is 5.32 Å². The summed E-state index contributed by atoms with van der Waals surface area (Å²) in [7, 11) is 0. The number of carboxylic acid groups (broad SMARTS) is 1. The molecule has 0 rings (SSSR count). The summed E-state index contributed by atoms with van der Waals surface area (Å²) in [6.45, 7) is 3.96. The van der Waals surface area contributed by atoms with Crippen molar-refractivity contribution < 1.29 is 24.2 Å². The summed E-state index contributed by atoms with van der Waals surface area (Å²) >= 11 is 0. The van der Waals surface area contributed by atoms with Crippen molar-refractivity contribution in [2.75, 3.05) is 6.54 Å². The third-order valence-corrected chi connectivity index (χ3v) is 6.41. The maximum atomic E-state index is 12.4. The Labute approximate surface area is 255 Å². The van der Waals surface area contributed by atoms with Crippen LogP contribution in [0.15, 0.2) is 72.9 Å². The molecule has 0 aliphatic heterocycles. The Bertz CT molecular complexity index is 866. The molecule has 1 unspecified atom stereocenters. The topological polar surface area (TPSA) is 92.7 Å². The molecule has 1 amide bonds. The van der Waals surface area contributed by atoms with E-state index in [2.05, 4.69) is 86.0 Å². The second-order valence-electron chi connectivity index (χ2n) is 10.3. The van der Waals surface area contributed by atoms with Crippen molar-refractivity contribution >= 4 is 17.8 Å². The molecule has 0 fully saturated rings. The number of hydrogen-bond donors (Lipinski definition) is 2.